The topological polar surface area (TPSA) is 9.86 Å². The number of hydrogen-bond donors (Lipinski definition) is 0. The lowest BCUT2D eigenvalue weighted by atomic mass is 9.90. The van der Waals surface area contributed by atoms with Crippen molar-refractivity contribution in [2.24, 2.45) is 0 Å². The summed E-state index contributed by atoms with van der Waals surface area (Å²) in [5.41, 5.74) is 10.8. The van der Waals surface area contributed by atoms with E-state index in [0.717, 1.165) is 11.4 Å². The van der Waals surface area contributed by atoms with E-state index < -0.39 is 0 Å². The van der Waals surface area contributed by atoms with Crippen molar-refractivity contribution in [3.05, 3.63) is 194 Å². The van der Waals surface area contributed by atoms with Gasteiger partial charge >= 0.3 is 0 Å². The second-order valence-corrected chi connectivity index (χ2v) is 13.8. The normalized spacial score (nSPS) is 11.8. The van der Waals surface area contributed by atoms with Crippen LogP contribution in [0, 0.1) is 0 Å². The molecule has 11 rings (SSSR count). The van der Waals surface area contributed by atoms with Gasteiger partial charge in [-0.15, -0.1) is 0 Å². The van der Waals surface area contributed by atoms with Crippen LogP contribution in [0.3, 0.4) is 0 Å². The molecule has 0 aliphatic rings. The van der Waals surface area contributed by atoms with Crippen molar-refractivity contribution in [3.63, 3.8) is 0 Å². The highest BCUT2D eigenvalue weighted by Gasteiger charge is 2.18. The highest BCUT2D eigenvalue weighted by atomic mass is 15.0. The van der Waals surface area contributed by atoms with Gasteiger partial charge in [0.25, 0.3) is 0 Å². The monoisotopic (exact) mass is 660 g/mol. The zero-order valence-electron chi connectivity index (χ0n) is 28.4. The van der Waals surface area contributed by atoms with Crippen LogP contribution in [0.25, 0.3) is 98.7 Å². The van der Waals surface area contributed by atoms with Crippen LogP contribution in [0.4, 0.5) is 0 Å². The Bertz CT molecular complexity index is 3140. The summed E-state index contributed by atoms with van der Waals surface area (Å²) in [5.74, 6) is 0. The van der Waals surface area contributed by atoms with Gasteiger partial charge in [0, 0.05) is 33.7 Å². The SMILES string of the molecule is c1ccc(-c2ccc3c4ccc(-c5cccc(-n6c7ccccc7c7c8c(ccc76)ccn8-c6ccccc6)c5)cc4c4ccccc4c3c2)cc1. The van der Waals surface area contributed by atoms with Crippen molar-refractivity contribution in [3.8, 4) is 33.6 Å². The fraction of sp³-hybridized carbons (Fsp3) is 0. The first-order valence-corrected chi connectivity index (χ1v) is 17.9. The zero-order valence-corrected chi connectivity index (χ0v) is 28.4. The maximum absolute atomic E-state index is 2.43. The highest BCUT2D eigenvalue weighted by Crippen LogP contribution is 2.41. The molecule has 9 aromatic carbocycles. The molecule has 2 heteroatoms. The Hall–Kier alpha value is -6.90. The van der Waals surface area contributed by atoms with Crippen LogP contribution >= 0.6 is 0 Å². The lowest BCUT2D eigenvalue weighted by molar-refractivity contribution is 1.13. The molecule has 0 saturated heterocycles. The Labute approximate surface area is 301 Å². The van der Waals surface area contributed by atoms with Crippen molar-refractivity contribution in [1.82, 2.24) is 9.13 Å². The molecule has 0 aliphatic carbocycles. The molecule has 52 heavy (non-hydrogen) atoms. The predicted octanol–water partition coefficient (Wildman–Crippen LogP) is 13.5. The van der Waals surface area contributed by atoms with Crippen molar-refractivity contribution in [2.45, 2.75) is 0 Å². The molecule has 0 atom stereocenters. The first kappa shape index (κ1) is 28.9. The molecule has 0 fully saturated rings. The van der Waals surface area contributed by atoms with E-state index in [2.05, 4.69) is 203 Å². The van der Waals surface area contributed by atoms with Crippen LogP contribution in [0.15, 0.2) is 194 Å². The average molecular weight is 661 g/mol. The molecule has 2 aromatic heterocycles. The largest absolute Gasteiger partial charge is 0.316 e. The molecular formula is C50H32N2. The Morgan fingerprint density at radius 1 is 0.308 bits per heavy atom. The fourth-order valence-electron chi connectivity index (χ4n) is 8.53. The minimum Gasteiger partial charge on any atom is -0.316 e. The van der Waals surface area contributed by atoms with Crippen molar-refractivity contribution in [1.29, 1.82) is 0 Å². The van der Waals surface area contributed by atoms with Crippen LogP contribution in [-0.2, 0) is 0 Å². The maximum Gasteiger partial charge on any atom is 0.0628 e. The third kappa shape index (κ3) is 4.31. The van der Waals surface area contributed by atoms with Crippen molar-refractivity contribution >= 4 is 65.0 Å². The number of benzene rings is 9. The van der Waals surface area contributed by atoms with E-state index in [0.29, 0.717) is 0 Å². The summed E-state index contributed by atoms with van der Waals surface area (Å²) < 4.78 is 4.76. The van der Waals surface area contributed by atoms with Crippen molar-refractivity contribution < 1.29 is 0 Å². The Morgan fingerprint density at radius 2 is 0.865 bits per heavy atom. The summed E-state index contributed by atoms with van der Waals surface area (Å²) in [4.78, 5) is 0. The molecule has 11 aromatic rings. The molecule has 0 unspecified atom stereocenters. The lowest BCUT2D eigenvalue weighted by Crippen LogP contribution is -1.95. The smallest absolute Gasteiger partial charge is 0.0628 e. The van der Waals surface area contributed by atoms with Gasteiger partial charge in [0.05, 0.1) is 16.6 Å². The minimum atomic E-state index is 1.15. The Balaban J connectivity index is 1.10. The standard InChI is InChI=1S/C50H32N2/c1-3-12-33(13-4-1)36-22-25-42-43-26-23-37(32-46(43)41-19-8-7-18-40(41)45(42)31-36)35-14-11-17-39(30-35)52-47-21-10-9-20-44(47)49-48(52)27-24-34-28-29-51(50(34)49)38-15-5-2-6-16-38/h1-32H. The summed E-state index contributed by atoms with van der Waals surface area (Å²) in [5, 5.41) is 11.5. The quantitative estimate of drug-likeness (QED) is 0.166. The van der Waals surface area contributed by atoms with Gasteiger partial charge in [0.15, 0.2) is 0 Å². The number of fused-ring (bicyclic) bond motifs is 11. The van der Waals surface area contributed by atoms with Gasteiger partial charge in [0.1, 0.15) is 0 Å². The summed E-state index contributed by atoms with van der Waals surface area (Å²) in [6.45, 7) is 0. The number of nitrogens with zero attached hydrogens (tertiary/aromatic N) is 2. The first-order valence-electron chi connectivity index (χ1n) is 17.9. The van der Waals surface area contributed by atoms with Crippen LogP contribution < -0.4 is 0 Å². The van der Waals surface area contributed by atoms with E-state index >= 15 is 0 Å². The third-order valence-electron chi connectivity index (χ3n) is 10.9. The van der Waals surface area contributed by atoms with Crippen LogP contribution in [0.2, 0.25) is 0 Å². The van der Waals surface area contributed by atoms with Crippen LogP contribution in [0.5, 0.6) is 0 Å². The lowest BCUT2D eigenvalue weighted by Gasteiger charge is -2.14. The summed E-state index contributed by atoms with van der Waals surface area (Å²) >= 11 is 0. The average Bonchev–Trinajstić information content (AvgIpc) is 3.81. The highest BCUT2D eigenvalue weighted by molar-refractivity contribution is 6.26. The molecule has 2 heterocycles. The van der Waals surface area contributed by atoms with Crippen LogP contribution in [-0.4, -0.2) is 9.13 Å². The van der Waals surface area contributed by atoms with Gasteiger partial charge in [-0.2, -0.15) is 0 Å². The van der Waals surface area contributed by atoms with E-state index in [4.69, 9.17) is 0 Å². The summed E-state index contributed by atoms with van der Waals surface area (Å²) in [6, 6.07) is 68.8. The number of hydrogen-bond acceptors (Lipinski definition) is 0. The molecule has 0 N–H and O–H groups in total. The van der Waals surface area contributed by atoms with Gasteiger partial charge in [0.2, 0.25) is 0 Å². The van der Waals surface area contributed by atoms with E-state index in [1.54, 1.807) is 0 Å². The Kier molecular flexibility index (Phi) is 6.28. The molecule has 0 aliphatic heterocycles. The summed E-state index contributed by atoms with van der Waals surface area (Å²) in [7, 11) is 0. The molecule has 0 saturated carbocycles. The maximum atomic E-state index is 2.43. The van der Waals surface area contributed by atoms with E-state index in [9.17, 15) is 0 Å². The molecule has 0 bridgehead atoms. The van der Waals surface area contributed by atoms with Gasteiger partial charge in [-0.25, -0.2) is 0 Å². The predicted molar refractivity (Wildman–Crippen MR) is 221 cm³/mol. The van der Waals surface area contributed by atoms with Gasteiger partial charge < -0.3 is 9.13 Å². The molecule has 242 valence electrons. The van der Waals surface area contributed by atoms with E-state index in [1.807, 2.05) is 0 Å². The molecule has 0 radical (unpaired) electrons. The Morgan fingerprint density at radius 3 is 1.60 bits per heavy atom. The minimum absolute atomic E-state index is 1.15. The van der Waals surface area contributed by atoms with E-state index in [-0.39, 0.29) is 0 Å². The van der Waals surface area contributed by atoms with Gasteiger partial charge in [-0.05, 0) is 109 Å². The van der Waals surface area contributed by atoms with Gasteiger partial charge in [-0.1, -0.05) is 133 Å². The fourth-order valence-corrected chi connectivity index (χ4v) is 8.53. The van der Waals surface area contributed by atoms with Crippen LogP contribution in [0.1, 0.15) is 0 Å². The molecular weight excluding hydrogens is 629 g/mol. The molecule has 0 spiro atoms. The third-order valence-corrected chi connectivity index (χ3v) is 10.9. The zero-order chi connectivity index (χ0) is 34.2. The first-order chi connectivity index (χ1) is 25.8. The molecule has 0 amide bonds. The second-order valence-electron chi connectivity index (χ2n) is 13.8. The second kappa shape index (κ2) is 11.3. The van der Waals surface area contributed by atoms with Crippen molar-refractivity contribution in [2.75, 3.05) is 0 Å². The number of rotatable bonds is 4. The number of para-hydroxylation sites is 2. The van der Waals surface area contributed by atoms with E-state index in [1.165, 1.54) is 87.3 Å². The summed E-state index contributed by atoms with van der Waals surface area (Å²) in [6.07, 6.45) is 2.20. The molecule has 2 nitrogen and oxygen atoms in total. The number of aromatic nitrogens is 2. The van der Waals surface area contributed by atoms with Gasteiger partial charge in [-0.3, -0.25) is 0 Å².